The van der Waals surface area contributed by atoms with Crippen LogP contribution in [0, 0.1) is 17.7 Å². The number of nitrogens with one attached hydrogen (secondary N) is 3. The van der Waals surface area contributed by atoms with Gasteiger partial charge < -0.3 is 20.7 Å². The lowest BCUT2D eigenvalue weighted by Gasteiger charge is -2.23. The Morgan fingerprint density at radius 2 is 2.07 bits per heavy atom. The molecule has 1 aromatic carbocycles. The molecule has 0 saturated heterocycles. The van der Waals surface area contributed by atoms with E-state index in [0.717, 1.165) is 31.4 Å². The molecular formula is C23H35FN4O2. The minimum Gasteiger partial charge on any atom is -0.490 e. The molecule has 30 heavy (non-hydrogen) atoms. The second-order valence-corrected chi connectivity index (χ2v) is 8.34. The Balaban J connectivity index is 1.44. The maximum Gasteiger partial charge on any atom is 0.223 e. The number of guanidine groups is 1. The van der Waals surface area contributed by atoms with Crippen LogP contribution in [0.5, 0.6) is 5.75 Å². The Kier molecular flexibility index (Phi) is 8.34. The van der Waals surface area contributed by atoms with E-state index in [-0.39, 0.29) is 23.7 Å². The van der Waals surface area contributed by atoms with Crippen molar-refractivity contribution >= 4 is 11.9 Å². The van der Waals surface area contributed by atoms with Gasteiger partial charge in [0.15, 0.2) is 17.5 Å². The third-order valence-corrected chi connectivity index (χ3v) is 5.70. The molecule has 0 bridgehead atoms. The fraction of sp³-hybridized carbons (Fsp3) is 0.652. The molecule has 2 aliphatic rings. The number of halogens is 1. The number of carbonyl (C=O) groups excluding carboxylic acids is 1. The Labute approximate surface area is 179 Å². The minimum absolute atomic E-state index is 0.104. The summed E-state index contributed by atoms with van der Waals surface area (Å²) < 4.78 is 19.9. The first kappa shape index (κ1) is 22.4. The quantitative estimate of drug-likeness (QED) is 0.292. The molecule has 1 aromatic rings. The zero-order valence-electron chi connectivity index (χ0n) is 18.2. The molecule has 3 rings (SSSR count). The van der Waals surface area contributed by atoms with Gasteiger partial charge in [0.1, 0.15) is 0 Å². The summed E-state index contributed by atoms with van der Waals surface area (Å²) >= 11 is 0. The molecule has 0 aliphatic heterocycles. The standard InChI is InChI=1S/C23H35FN4O2/c1-3-25-23(27-13-5-12-26-22(29)18-6-4-7-18)28-16(2)19-10-11-21(20(24)14-19)30-15-17-8-9-17/h10-11,14,16-18H,3-9,12-13,15H2,1-2H3,(H,26,29)(H2,25,27,28). The highest BCUT2D eigenvalue weighted by molar-refractivity contribution is 5.80. The second-order valence-electron chi connectivity index (χ2n) is 8.34. The predicted molar refractivity (Wildman–Crippen MR) is 117 cm³/mol. The molecule has 0 heterocycles. The SMILES string of the molecule is CCNC(=NCCCNC(=O)C1CCC1)NC(C)c1ccc(OCC2CC2)c(F)c1. The van der Waals surface area contributed by atoms with Crippen LogP contribution in [0.1, 0.15) is 64.0 Å². The monoisotopic (exact) mass is 418 g/mol. The largest absolute Gasteiger partial charge is 0.490 e. The number of rotatable bonds is 11. The first-order valence-electron chi connectivity index (χ1n) is 11.3. The fourth-order valence-electron chi connectivity index (χ4n) is 3.30. The smallest absolute Gasteiger partial charge is 0.223 e. The fourth-order valence-corrected chi connectivity index (χ4v) is 3.30. The maximum absolute atomic E-state index is 14.4. The molecule has 1 atom stereocenters. The number of hydrogen-bond acceptors (Lipinski definition) is 3. The molecule has 166 valence electrons. The summed E-state index contributed by atoms with van der Waals surface area (Å²) in [5, 5.41) is 9.53. The first-order chi connectivity index (χ1) is 14.6. The summed E-state index contributed by atoms with van der Waals surface area (Å²) in [4.78, 5) is 16.4. The molecule has 1 amide bonds. The van der Waals surface area contributed by atoms with E-state index < -0.39 is 0 Å². The van der Waals surface area contributed by atoms with Crippen LogP contribution in [0.25, 0.3) is 0 Å². The molecule has 0 spiro atoms. The van der Waals surface area contributed by atoms with Crippen LogP contribution in [0.2, 0.25) is 0 Å². The van der Waals surface area contributed by atoms with E-state index in [1.165, 1.54) is 25.3 Å². The number of nitrogens with zero attached hydrogens (tertiary/aromatic N) is 1. The van der Waals surface area contributed by atoms with Crippen LogP contribution in [-0.4, -0.2) is 38.1 Å². The Bertz CT molecular complexity index is 732. The highest BCUT2D eigenvalue weighted by Gasteiger charge is 2.24. The Morgan fingerprint density at radius 3 is 2.70 bits per heavy atom. The number of ether oxygens (including phenoxy) is 1. The van der Waals surface area contributed by atoms with Gasteiger partial charge >= 0.3 is 0 Å². The van der Waals surface area contributed by atoms with Crippen molar-refractivity contribution in [1.29, 1.82) is 0 Å². The molecule has 0 radical (unpaired) electrons. The summed E-state index contributed by atoms with van der Waals surface area (Å²) in [5.41, 5.74) is 0.838. The molecule has 1 unspecified atom stereocenters. The molecule has 2 saturated carbocycles. The second kappa shape index (κ2) is 11.2. The van der Waals surface area contributed by atoms with Gasteiger partial charge in [0.05, 0.1) is 12.6 Å². The molecule has 7 heteroatoms. The minimum atomic E-state index is -0.328. The van der Waals surface area contributed by atoms with Crippen molar-refractivity contribution < 1.29 is 13.9 Å². The van der Waals surface area contributed by atoms with Gasteiger partial charge in [-0.3, -0.25) is 9.79 Å². The van der Waals surface area contributed by atoms with Crippen molar-refractivity contribution in [2.24, 2.45) is 16.8 Å². The predicted octanol–water partition coefficient (Wildman–Crippen LogP) is 3.54. The van der Waals surface area contributed by atoms with Crippen LogP contribution < -0.4 is 20.7 Å². The van der Waals surface area contributed by atoms with Gasteiger partial charge in [0.2, 0.25) is 5.91 Å². The van der Waals surface area contributed by atoms with Gasteiger partial charge in [-0.05, 0) is 69.6 Å². The van der Waals surface area contributed by atoms with Gasteiger partial charge in [0, 0.05) is 25.6 Å². The van der Waals surface area contributed by atoms with E-state index in [1.54, 1.807) is 6.07 Å². The van der Waals surface area contributed by atoms with Gasteiger partial charge in [-0.2, -0.15) is 0 Å². The average molecular weight is 419 g/mol. The number of hydrogen-bond donors (Lipinski definition) is 3. The van der Waals surface area contributed by atoms with Crippen molar-refractivity contribution in [3.8, 4) is 5.75 Å². The van der Waals surface area contributed by atoms with E-state index in [9.17, 15) is 9.18 Å². The van der Waals surface area contributed by atoms with E-state index in [4.69, 9.17) is 4.74 Å². The molecule has 3 N–H and O–H groups in total. The maximum atomic E-state index is 14.4. The lowest BCUT2D eigenvalue weighted by Crippen LogP contribution is -2.39. The van der Waals surface area contributed by atoms with Crippen molar-refractivity contribution in [2.45, 2.75) is 58.4 Å². The van der Waals surface area contributed by atoms with Gasteiger partial charge in [0.25, 0.3) is 0 Å². The van der Waals surface area contributed by atoms with Crippen LogP contribution in [0.4, 0.5) is 4.39 Å². The van der Waals surface area contributed by atoms with Crippen molar-refractivity contribution in [1.82, 2.24) is 16.0 Å². The van der Waals surface area contributed by atoms with Gasteiger partial charge in [-0.1, -0.05) is 12.5 Å². The van der Waals surface area contributed by atoms with Crippen molar-refractivity contribution in [3.63, 3.8) is 0 Å². The molecule has 6 nitrogen and oxygen atoms in total. The van der Waals surface area contributed by atoms with Gasteiger partial charge in [-0.15, -0.1) is 0 Å². The molecule has 0 aromatic heterocycles. The number of amides is 1. The lowest BCUT2D eigenvalue weighted by atomic mass is 9.85. The Morgan fingerprint density at radius 1 is 1.27 bits per heavy atom. The molecule has 2 aliphatic carbocycles. The molecule has 2 fully saturated rings. The highest BCUT2D eigenvalue weighted by Crippen LogP contribution is 2.30. The summed E-state index contributed by atoms with van der Waals surface area (Å²) in [6.07, 6.45) is 6.35. The Hall–Kier alpha value is -2.31. The normalized spacial score (nSPS) is 17.8. The van der Waals surface area contributed by atoms with Crippen LogP contribution in [0.15, 0.2) is 23.2 Å². The van der Waals surface area contributed by atoms with Crippen LogP contribution >= 0.6 is 0 Å². The zero-order chi connectivity index (χ0) is 21.3. The van der Waals surface area contributed by atoms with E-state index in [1.807, 2.05) is 19.9 Å². The topological polar surface area (TPSA) is 74.8 Å². The number of carbonyl (C=O) groups is 1. The van der Waals surface area contributed by atoms with Crippen LogP contribution in [-0.2, 0) is 4.79 Å². The zero-order valence-corrected chi connectivity index (χ0v) is 18.2. The van der Waals surface area contributed by atoms with E-state index >= 15 is 0 Å². The van der Waals surface area contributed by atoms with E-state index in [0.29, 0.717) is 37.3 Å². The highest BCUT2D eigenvalue weighted by atomic mass is 19.1. The summed E-state index contributed by atoms with van der Waals surface area (Å²) in [6.45, 7) is 6.57. The third-order valence-electron chi connectivity index (χ3n) is 5.70. The molecular weight excluding hydrogens is 383 g/mol. The van der Waals surface area contributed by atoms with Crippen molar-refractivity contribution in [3.05, 3.63) is 29.6 Å². The number of benzene rings is 1. The summed E-state index contributed by atoms with van der Waals surface area (Å²) in [7, 11) is 0. The average Bonchev–Trinajstić information content (AvgIpc) is 3.49. The first-order valence-corrected chi connectivity index (χ1v) is 11.3. The number of aliphatic imine (C=N–C) groups is 1. The summed E-state index contributed by atoms with van der Waals surface area (Å²) in [6, 6.07) is 5.02. The third kappa shape index (κ3) is 6.89. The van der Waals surface area contributed by atoms with Crippen LogP contribution in [0.3, 0.4) is 0 Å². The lowest BCUT2D eigenvalue weighted by molar-refractivity contribution is -0.127. The van der Waals surface area contributed by atoms with E-state index in [2.05, 4.69) is 20.9 Å². The summed E-state index contributed by atoms with van der Waals surface area (Å²) in [5.74, 6) is 1.67. The van der Waals surface area contributed by atoms with Gasteiger partial charge in [-0.25, -0.2) is 4.39 Å². The van der Waals surface area contributed by atoms with Crippen molar-refractivity contribution in [2.75, 3.05) is 26.2 Å².